The van der Waals surface area contributed by atoms with Crippen molar-refractivity contribution in [3.63, 3.8) is 0 Å². The van der Waals surface area contributed by atoms with Gasteiger partial charge in [0.25, 0.3) is 0 Å². The van der Waals surface area contributed by atoms with Gasteiger partial charge in [-0.15, -0.1) is 11.3 Å². The molecule has 0 aliphatic carbocycles. The Morgan fingerprint density at radius 1 is 1.67 bits per heavy atom. The van der Waals surface area contributed by atoms with E-state index < -0.39 is 0 Å². The number of rotatable bonds is 3. The molecule has 0 bridgehead atoms. The summed E-state index contributed by atoms with van der Waals surface area (Å²) in [4.78, 5) is 0. The monoisotopic (exact) mass is 204 g/mol. The molecule has 0 amide bonds. The molecule has 0 saturated heterocycles. The normalized spacial score (nSPS) is 10.9. The zero-order valence-electron chi connectivity index (χ0n) is 7.00. The summed E-state index contributed by atoms with van der Waals surface area (Å²) in [6, 6.07) is 0.387. The van der Waals surface area contributed by atoms with Crippen LogP contribution in [-0.2, 0) is 0 Å². The molecule has 68 valence electrons. The van der Waals surface area contributed by atoms with Crippen molar-refractivity contribution in [1.29, 1.82) is 0 Å². The van der Waals surface area contributed by atoms with Crippen LogP contribution in [0.1, 0.15) is 13.8 Å². The number of hydrogen-bond donors (Lipinski definition) is 3. The first-order chi connectivity index (χ1) is 5.61. The van der Waals surface area contributed by atoms with E-state index in [1.165, 1.54) is 23.3 Å². The smallest absolute Gasteiger partial charge is 0.164 e. The van der Waals surface area contributed by atoms with Crippen LogP contribution in [-0.4, -0.2) is 11.1 Å². The van der Waals surface area contributed by atoms with Crippen molar-refractivity contribution in [3.05, 3.63) is 5.38 Å². The molecule has 0 saturated carbocycles. The van der Waals surface area contributed by atoms with Crippen molar-refractivity contribution in [1.82, 2.24) is 4.72 Å². The number of nitrogens with two attached hydrogens (primary N) is 1. The van der Waals surface area contributed by atoms with Crippen LogP contribution in [0.2, 0.25) is 0 Å². The van der Waals surface area contributed by atoms with Crippen molar-refractivity contribution >= 4 is 29.0 Å². The van der Waals surface area contributed by atoms with E-state index in [1.54, 1.807) is 5.38 Å². The second-order valence-electron chi connectivity index (χ2n) is 2.70. The van der Waals surface area contributed by atoms with Gasteiger partial charge in [-0.05, 0) is 25.8 Å². The Hall–Kier alpha value is -0.390. The summed E-state index contributed by atoms with van der Waals surface area (Å²) in [5.74, 6) is 0.193. The first-order valence-corrected chi connectivity index (χ1v) is 5.29. The van der Waals surface area contributed by atoms with Crippen LogP contribution in [0.5, 0.6) is 5.75 Å². The van der Waals surface area contributed by atoms with Crippen molar-refractivity contribution < 1.29 is 5.11 Å². The number of anilines is 1. The van der Waals surface area contributed by atoms with Crippen LogP contribution >= 0.6 is 23.3 Å². The quantitative estimate of drug-likeness (QED) is 0.659. The maximum atomic E-state index is 9.38. The predicted molar refractivity (Wildman–Crippen MR) is 54.5 cm³/mol. The number of nitrogens with one attached hydrogen (secondary N) is 1. The third-order valence-corrected chi connectivity index (χ3v) is 3.43. The Kier molecular flexibility index (Phi) is 3.25. The molecule has 0 unspecified atom stereocenters. The Labute approximate surface area is 80.1 Å². The van der Waals surface area contributed by atoms with Crippen molar-refractivity contribution in [2.24, 2.45) is 0 Å². The van der Waals surface area contributed by atoms with Gasteiger partial charge in [-0.25, -0.2) is 0 Å². The zero-order chi connectivity index (χ0) is 9.14. The fraction of sp³-hybridized carbons (Fsp3) is 0.429. The molecule has 1 heterocycles. The van der Waals surface area contributed by atoms with Gasteiger partial charge in [0.05, 0.1) is 5.69 Å². The van der Waals surface area contributed by atoms with Crippen LogP contribution in [0, 0.1) is 0 Å². The highest BCUT2D eigenvalue weighted by atomic mass is 32.2. The summed E-state index contributed by atoms with van der Waals surface area (Å²) in [7, 11) is 0. The third-order valence-electron chi connectivity index (χ3n) is 1.15. The average Bonchev–Trinajstić information content (AvgIpc) is 2.30. The van der Waals surface area contributed by atoms with Crippen LogP contribution in [0.4, 0.5) is 5.69 Å². The highest BCUT2D eigenvalue weighted by Crippen LogP contribution is 2.38. The van der Waals surface area contributed by atoms with Gasteiger partial charge in [-0.3, -0.25) is 4.72 Å². The molecule has 0 aliphatic rings. The van der Waals surface area contributed by atoms with Crippen LogP contribution in [0.25, 0.3) is 0 Å². The summed E-state index contributed by atoms with van der Waals surface area (Å²) < 4.78 is 3.95. The minimum absolute atomic E-state index is 0.193. The highest BCUT2D eigenvalue weighted by molar-refractivity contribution is 7.99. The molecule has 4 N–H and O–H groups in total. The Bertz CT molecular complexity index is 260. The van der Waals surface area contributed by atoms with Gasteiger partial charge in [0, 0.05) is 11.4 Å². The number of nitrogen functional groups attached to an aromatic ring is 1. The first-order valence-electron chi connectivity index (χ1n) is 3.59. The SMILES string of the molecule is CC(C)NSc1scc(N)c1O. The maximum Gasteiger partial charge on any atom is 0.164 e. The molecule has 0 radical (unpaired) electrons. The Balaban J connectivity index is 2.58. The van der Waals surface area contributed by atoms with E-state index in [9.17, 15) is 5.11 Å². The molecular formula is C7H12N2OS2. The maximum absolute atomic E-state index is 9.38. The lowest BCUT2D eigenvalue weighted by Gasteiger charge is -2.04. The first kappa shape index (κ1) is 9.70. The van der Waals surface area contributed by atoms with Gasteiger partial charge in [-0.1, -0.05) is 0 Å². The van der Waals surface area contributed by atoms with Gasteiger partial charge in [0.15, 0.2) is 5.75 Å². The lowest BCUT2D eigenvalue weighted by molar-refractivity contribution is 0.469. The molecule has 0 aliphatic heterocycles. The van der Waals surface area contributed by atoms with Gasteiger partial charge >= 0.3 is 0 Å². The summed E-state index contributed by atoms with van der Waals surface area (Å²) in [6.45, 7) is 4.09. The second-order valence-corrected chi connectivity index (χ2v) is 4.69. The van der Waals surface area contributed by atoms with E-state index in [2.05, 4.69) is 4.72 Å². The number of hydrogen-bond acceptors (Lipinski definition) is 5. The van der Waals surface area contributed by atoms with Crippen LogP contribution < -0.4 is 10.5 Å². The Morgan fingerprint density at radius 2 is 2.33 bits per heavy atom. The van der Waals surface area contributed by atoms with E-state index in [-0.39, 0.29) is 5.75 Å². The van der Waals surface area contributed by atoms with Gasteiger partial charge in [-0.2, -0.15) is 0 Å². The van der Waals surface area contributed by atoms with Crippen LogP contribution in [0.3, 0.4) is 0 Å². The van der Waals surface area contributed by atoms with Crippen LogP contribution in [0.15, 0.2) is 9.59 Å². The number of aromatic hydroxyl groups is 1. The standard InChI is InChI=1S/C7H12N2OS2/c1-4(2)9-12-7-6(10)5(8)3-11-7/h3-4,9-10H,8H2,1-2H3. The van der Waals surface area contributed by atoms with Crippen molar-refractivity contribution in [2.45, 2.75) is 24.1 Å². The van der Waals surface area contributed by atoms with E-state index in [0.717, 1.165) is 4.21 Å². The van der Waals surface area contributed by atoms with E-state index in [0.29, 0.717) is 11.7 Å². The topological polar surface area (TPSA) is 58.3 Å². The number of thiophene rings is 1. The lowest BCUT2D eigenvalue weighted by Crippen LogP contribution is -2.13. The molecule has 0 fully saturated rings. The van der Waals surface area contributed by atoms with E-state index in [1.807, 2.05) is 13.8 Å². The fourth-order valence-corrected chi connectivity index (χ4v) is 2.20. The predicted octanol–water partition coefficient (Wildman–Crippen LogP) is 2.04. The summed E-state index contributed by atoms with van der Waals surface area (Å²) >= 11 is 2.86. The third kappa shape index (κ3) is 2.30. The summed E-state index contributed by atoms with van der Waals surface area (Å²) in [5, 5.41) is 11.1. The summed E-state index contributed by atoms with van der Waals surface area (Å²) in [5.41, 5.74) is 5.92. The van der Waals surface area contributed by atoms with Gasteiger partial charge in [0.2, 0.25) is 0 Å². The van der Waals surface area contributed by atoms with Crippen molar-refractivity contribution in [2.75, 3.05) is 5.73 Å². The Morgan fingerprint density at radius 3 is 2.75 bits per heavy atom. The molecule has 0 aromatic carbocycles. The molecular weight excluding hydrogens is 192 g/mol. The van der Waals surface area contributed by atoms with Crippen molar-refractivity contribution in [3.8, 4) is 5.75 Å². The largest absolute Gasteiger partial charge is 0.504 e. The van der Waals surface area contributed by atoms with Gasteiger partial charge < -0.3 is 10.8 Å². The zero-order valence-corrected chi connectivity index (χ0v) is 8.63. The minimum Gasteiger partial charge on any atom is -0.504 e. The highest BCUT2D eigenvalue weighted by Gasteiger charge is 2.08. The minimum atomic E-state index is 0.193. The fourth-order valence-electron chi connectivity index (χ4n) is 0.590. The average molecular weight is 204 g/mol. The molecule has 1 aromatic rings. The second kappa shape index (κ2) is 4.02. The molecule has 5 heteroatoms. The molecule has 1 rings (SSSR count). The molecule has 0 spiro atoms. The van der Waals surface area contributed by atoms with E-state index in [4.69, 9.17) is 5.73 Å². The molecule has 12 heavy (non-hydrogen) atoms. The molecule has 3 nitrogen and oxygen atoms in total. The lowest BCUT2D eigenvalue weighted by atomic mass is 10.4. The molecule has 1 aromatic heterocycles. The summed E-state index contributed by atoms with van der Waals surface area (Å²) in [6.07, 6.45) is 0. The van der Waals surface area contributed by atoms with Gasteiger partial charge in [0.1, 0.15) is 4.21 Å². The molecule has 0 atom stereocenters. The van der Waals surface area contributed by atoms with E-state index >= 15 is 0 Å².